The zero-order valence-electron chi connectivity index (χ0n) is 12.9. The van der Waals surface area contributed by atoms with Gasteiger partial charge in [-0.05, 0) is 46.9 Å². The predicted octanol–water partition coefficient (Wildman–Crippen LogP) is 5.59. The molecule has 0 bridgehead atoms. The van der Waals surface area contributed by atoms with Gasteiger partial charge in [0.2, 0.25) is 0 Å². The van der Waals surface area contributed by atoms with E-state index in [0.717, 1.165) is 28.7 Å². The number of rotatable bonds is 3. The van der Waals surface area contributed by atoms with E-state index in [1.807, 2.05) is 61.5 Å². The van der Waals surface area contributed by atoms with Gasteiger partial charge < -0.3 is 0 Å². The Morgan fingerprint density at radius 3 is 2.26 bits per heavy atom. The minimum absolute atomic E-state index is 0.191. The van der Waals surface area contributed by atoms with Crippen LogP contribution >= 0.6 is 0 Å². The summed E-state index contributed by atoms with van der Waals surface area (Å²) < 4.78 is 14.2. The Labute approximate surface area is 135 Å². The van der Waals surface area contributed by atoms with Gasteiger partial charge in [0.1, 0.15) is 5.82 Å². The number of nitriles is 1. The maximum atomic E-state index is 14.2. The predicted molar refractivity (Wildman–Crippen MR) is 91.4 cm³/mol. The second kappa shape index (κ2) is 6.46. The molecule has 0 spiro atoms. The van der Waals surface area contributed by atoms with Crippen molar-refractivity contribution >= 4 is 0 Å². The summed E-state index contributed by atoms with van der Waals surface area (Å²) in [5.74, 6) is -0.191. The molecule has 0 heterocycles. The molecule has 3 aromatic rings. The van der Waals surface area contributed by atoms with Crippen LogP contribution in [-0.2, 0) is 6.42 Å². The number of aryl methyl sites for hydroxylation is 1. The van der Waals surface area contributed by atoms with Crippen molar-refractivity contribution in [3.63, 3.8) is 0 Å². The fourth-order valence-corrected chi connectivity index (χ4v) is 2.62. The molecular weight excluding hydrogens is 285 g/mol. The Hall–Kier alpha value is -2.92. The van der Waals surface area contributed by atoms with Crippen molar-refractivity contribution in [1.82, 2.24) is 0 Å². The van der Waals surface area contributed by atoms with Crippen molar-refractivity contribution in [1.29, 1.82) is 5.26 Å². The third-order valence-corrected chi connectivity index (χ3v) is 3.96. The fraction of sp³-hybridized carbons (Fsp3) is 0.0952. The largest absolute Gasteiger partial charge is 0.206 e. The molecule has 0 amide bonds. The molecule has 0 atom stereocenters. The van der Waals surface area contributed by atoms with Crippen molar-refractivity contribution in [2.24, 2.45) is 0 Å². The maximum Gasteiger partial charge on any atom is 0.131 e. The molecule has 0 aliphatic heterocycles. The van der Waals surface area contributed by atoms with Gasteiger partial charge in [-0.2, -0.15) is 5.26 Å². The number of hydrogen-bond acceptors (Lipinski definition) is 1. The lowest BCUT2D eigenvalue weighted by molar-refractivity contribution is 0.629. The molecule has 3 rings (SSSR count). The second-order valence-electron chi connectivity index (χ2n) is 5.44. The number of halogens is 1. The van der Waals surface area contributed by atoms with Gasteiger partial charge in [-0.15, -0.1) is 0 Å². The van der Waals surface area contributed by atoms with Gasteiger partial charge in [0, 0.05) is 5.56 Å². The molecule has 0 fully saturated rings. The molecule has 0 radical (unpaired) electrons. The molecule has 112 valence electrons. The molecule has 0 saturated heterocycles. The summed E-state index contributed by atoms with van der Waals surface area (Å²) in [6.07, 6.45) is 0.825. The van der Waals surface area contributed by atoms with Crippen molar-refractivity contribution in [2.45, 2.75) is 13.3 Å². The lowest BCUT2D eigenvalue weighted by Gasteiger charge is -2.07. The monoisotopic (exact) mass is 301 g/mol. The first-order valence-corrected chi connectivity index (χ1v) is 7.60. The third-order valence-electron chi connectivity index (χ3n) is 3.96. The SMILES string of the molecule is CCc1ccc(-c2ccc(-c3cccc(C#N)c3)cc2)c(F)c1. The van der Waals surface area contributed by atoms with Crippen LogP contribution in [0.3, 0.4) is 0 Å². The van der Waals surface area contributed by atoms with E-state index in [4.69, 9.17) is 5.26 Å². The van der Waals surface area contributed by atoms with E-state index in [0.29, 0.717) is 11.1 Å². The lowest BCUT2D eigenvalue weighted by atomic mass is 9.98. The van der Waals surface area contributed by atoms with E-state index in [9.17, 15) is 4.39 Å². The highest BCUT2D eigenvalue weighted by molar-refractivity contribution is 5.71. The van der Waals surface area contributed by atoms with E-state index in [2.05, 4.69) is 6.07 Å². The molecule has 23 heavy (non-hydrogen) atoms. The topological polar surface area (TPSA) is 23.8 Å². The zero-order chi connectivity index (χ0) is 16.2. The van der Waals surface area contributed by atoms with E-state index in [1.54, 1.807) is 12.1 Å². The minimum Gasteiger partial charge on any atom is -0.206 e. The van der Waals surface area contributed by atoms with Crippen LogP contribution in [-0.4, -0.2) is 0 Å². The van der Waals surface area contributed by atoms with Crippen molar-refractivity contribution in [3.8, 4) is 28.3 Å². The van der Waals surface area contributed by atoms with Gasteiger partial charge >= 0.3 is 0 Å². The highest BCUT2D eigenvalue weighted by atomic mass is 19.1. The molecule has 3 aromatic carbocycles. The highest BCUT2D eigenvalue weighted by Crippen LogP contribution is 2.27. The Kier molecular flexibility index (Phi) is 4.21. The van der Waals surface area contributed by atoms with Crippen molar-refractivity contribution < 1.29 is 4.39 Å². The zero-order valence-corrected chi connectivity index (χ0v) is 12.9. The summed E-state index contributed by atoms with van der Waals surface area (Å²) in [7, 11) is 0. The fourth-order valence-electron chi connectivity index (χ4n) is 2.62. The summed E-state index contributed by atoms with van der Waals surface area (Å²) in [5.41, 5.74) is 5.09. The normalized spacial score (nSPS) is 10.3. The lowest BCUT2D eigenvalue weighted by Crippen LogP contribution is -1.88. The molecule has 0 N–H and O–H groups in total. The Bertz CT molecular complexity index is 873. The molecule has 0 aliphatic rings. The molecule has 0 saturated carbocycles. The van der Waals surface area contributed by atoms with Gasteiger partial charge in [0.25, 0.3) is 0 Å². The van der Waals surface area contributed by atoms with Crippen LogP contribution in [0.25, 0.3) is 22.3 Å². The van der Waals surface area contributed by atoms with Crippen LogP contribution in [0.4, 0.5) is 4.39 Å². The van der Waals surface area contributed by atoms with Crippen molar-refractivity contribution in [3.05, 3.63) is 83.7 Å². The summed E-state index contributed by atoms with van der Waals surface area (Å²) >= 11 is 0. The van der Waals surface area contributed by atoms with E-state index < -0.39 is 0 Å². The average molecular weight is 301 g/mol. The molecule has 0 aliphatic carbocycles. The van der Waals surface area contributed by atoms with Crippen LogP contribution in [0.15, 0.2) is 66.7 Å². The smallest absolute Gasteiger partial charge is 0.131 e. The average Bonchev–Trinajstić information content (AvgIpc) is 2.62. The first-order valence-electron chi connectivity index (χ1n) is 7.60. The third kappa shape index (κ3) is 3.14. The number of hydrogen-bond donors (Lipinski definition) is 0. The van der Waals surface area contributed by atoms with E-state index in [-0.39, 0.29) is 5.82 Å². The summed E-state index contributed by atoms with van der Waals surface area (Å²) in [4.78, 5) is 0. The first-order chi connectivity index (χ1) is 11.2. The van der Waals surface area contributed by atoms with E-state index in [1.165, 1.54) is 0 Å². The van der Waals surface area contributed by atoms with E-state index >= 15 is 0 Å². The van der Waals surface area contributed by atoms with Crippen LogP contribution in [0.1, 0.15) is 18.1 Å². The van der Waals surface area contributed by atoms with Crippen molar-refractivity contribution in [2.75, 3.05) is 0 Å². The second-order valence-corrected chi connectivity index (χ2v) is 5.44. The molecule has 0 aromatic heterocycles. The summed E-state index contributed by atoms with van der Waals surface area (Å²) in [6, 6.07) is 22.7. The number of benzene rings is 3. The quantitative estimate of drug-likeness (QED) is 0.618. The standard InChI is InChI=1S/C21H16FN/c1-2-15-6-11-20(21(22)13-15)18-9-7-17(8-10-18)19-5-3-4-16(12-19)14-23/h3-13H,2H2,1H3. The Balaban J connectivity index is 1.95. The van der Waals surface area contributed by atoms with Crippen LogP contribution < -0.4 is 0 Å². The Morgan fingerprint density at radius 2 is 1.61 bits per heavy atom. The van der Waals surface area contributed by atoms with Crippen LogP contribution in [0.5, 0.6) is 0 Å². The van der Waals surface area contributed by atoms with Gasteiger partial charge in [-0.25, -0.2) is 4.39 Å². The van der Waals surface area contributed by atoms with Gasteiger partial charge in [0.05, 0.1) is 11.6 Å². The Morgan fingerprint density at radius 1 is 0.870 bits per heavy atom. The maximum absolute atomic E-state index is 14.2. The van der Waals surface area contributed by atoms with Gasteiger partial charge in [-0.3, -0.25) is 0 Å². The summed E-state index contributed by atoms with van der Waals surface area (Å²) in [6.45, 7) is 2.01. The molecule has 1 nitrogen and oxygen atoms in total. The molecule has 2 heteroatoms. The van der Waals surface area contributed by atoms with Gasteiger partial charge in [0.15, 0.2) is 0 Å². The molecule has 0 unspecified atom stereocenters. The van der Waals surface area contributed by atoms with Crippen LogP contribution in [0.2, 0.25) is 0 Å². The van der Waals surface area contributed by atoms with Crippen LogP contribution in [0, 0.1) is 17.1 Å². The summed E-state index contributed by atoms with van der Waals surface area (Å²) in [5, 5.41) is 8.98. The number of nitrogens with zero attached hydrogens (tertiary/aromatic N) is 1. The minimum atomic E-state index is -0.191. The highest BCUT2D eigenvalue weighted by Gasteiger charge is 2.06. The van der Waals surface area contributed by atoms with Gasteiger partial charge in [-0.1, -0.05) is 55.5 Å². The molecular formula is C21H16FN. The first kappa shape index (κ1) is 15.0.